The highest BCUT2D eigenvalue weighted by Crippen LogP contribution is 2.16. The van der Waals surface area contributed by atoms with E-state index in [1.807, 2.05) is 0 Å². The molecule has 0 spiro atoms. The van der Waals surface area contributed by atoms with E-state index in [4.69, 9.17) is 4.74 Å². The van der Waals surface area contributed by atoms with Crippen LogP contribution in [0, 0.1) is 0 Å². The van der Waals surface area contributed by atoms with Gasteiger partial charge in [-0.15, -0.1) is 5.10 Å². The van der Waals surface area contributed by atoms with Gasteiger partial charge in [-0.3, -0.25) is 10.1 Å². The number of nitrogens with zero attached hydrogens (tertiary/aromatic N) is 4. The molecule has 2 N–H and O–H groups in total. The highest BCUT2D eigenvalue weighted by atomic mass is 16.5. The van der Waals surface area contributed by atoms with Crippen LogP contribution >= 0.6 is 0 Å². The number of nitrogens with one attached hydrogen (secondary N) is 2. The van der Waals surface area contributed by atoms with Gasteiger partial charge in [0.05, 0.1) is 13.3 Å². The molecule has 9 heteroatoms. The van der Waals surface area contributed by atoms with Crippen molar-refractivity contribution in [3.05, 3.63) is 30.5 Å². The zero-order chi connectivity index (χ0) is 16.8. The van der Waals surface area contributed by atoms with Crippen molar-refractivity contribution in [3.63, 3.8) is 0 Å². The van der Waals surface area contributed by atoms with Crippen molar-refractivity contribution >= 4 is 23.4 Å². The average Bonchev–Trinajstić information content (AvgIpc) is 2.94. The number of carbonyl (C=O) groups is 2. The first-order valence-corrected chi connectivity index (χ1v) is 6.80. The molecule has 1 aromatic carbocycles. The van der Waals surface area contributed by atoms with Crippen LogP contribution < -0.4 is 15.4 Å². The zero-order valence-electron chi connectivity index (χ0n) is 13.1. The van der Waals surface area contributed by atoms with Gasteiger partial charge in [0.15, 0.2) is 5.82 Å². The first-order chi connectivity index (χ1) is 11.0. The van der Waals surface area contributed by atoms with Crippen molar-refractivity contribution in [3.8, 4) is 5.75 Å². The van der Waals surface area contributed by atoms with Gasteiger partial charge in [0.2, 0.25) is 5.91 Å². The fourth-order valence-corrected chi connectivity index (χ4v) is 1.70. The fraction of sp³-hybridized carbons (Fsp3) is 0.286. The van der Waals surface area contributed by atoms with E-state index in [-0.39, 0.29) is 24.3 Å². The third-order valence-corrected chi connectivity index (χ3v) is 2.84. The quantitative estimate of drug-likeness (QED) is 0.857. The van der Waals surface area contributed by atoms with E-state index in [2.05, 4.69) is 20.9 Å². The lowest BCUT2D eigenvalue weighted by molar-refractivity contribution is -0.116. The van der Waals surface area contributed by atoms with Crippen LogP contribution in [-0.2, 0) is 11.3 Å². The van der Waals surface area contributed by atoms with Gasteiger partial charge in [-0.25, -0.2) is 9.48 Å². The third-order valence-electron chi connectivity index (χ3n) is 2.84. The Bertz CT molecular complexity index is 697. The fourth-order valence-electron chi connectivity index (χ4n) is 1.70. The van der Waals surface area contributed by atoms with E-state index in [0.717, 1.165) is 0 Å². The van der Waals surface area contributed by atoms with E-state index in [0.29, 0.717) is 11.4 Å². The number of benzene rings is 1. The maximum absolute atomic E-state index is 12.0. The molecular weight excluding hydrogens is 300 g/mol. The van der Waals surface area contributed by atoms with Gasteiger partial charge in [-0.05, 0) is 12.1 Å². The molecule has 0 aliphatic heterocycles. The molecule has 0 aliphatic carbocycles. The molecule has 3 amide bonds. The lowest BCUT2D eigenvalue weighted by Gasteiger charge is -2.09. The van der Waals surface area contributed by atoms with Crippen molar-refractivity contribution in [2.24, 2.45) is 0 Å². The number of ether oxygens (including phenoxy) is 1. The molecule has 0 bridgehead atoms. The molecule has 0 saturated heterocycles. The summed E-state index contributed by atoms with van der Waals surface area (Å²) in [5.74, 6) is 0.656. The maximum atomic E-state index is 12.0. The second kappa shape index (κ2) is 7.25. The first kappa shape index (κ1) is 16.3. The lowest BCUT2D eigenvalue weighted by atomic mass is 10.3. The molecule has 0 aliphatic rings. The highest BCUT2D eigenvalue weighted by Gasteiger charge is 2.10. The molecule has 23 heavy (non-hydrogen) atoms. The number of aromatic nitrogens is 3. The van der Waals surface area contributed by atoms with Crippen LogP contribution in [0.5, 0.6) is 5.75 Å². The lowest BCUT2D eigenvalue weighted by Crippen LogP contribution is -2.27. The number of anilines is 2. The van der Waals surface area contributed by atoms with E-state index >= 15 is 0 Å². The van der Waals surface area contributed by atoms with Crippen LogP contribution in [0.25, 0.3) is 0 Å². The van der Waals surface area contributed by atoms with Gasteiger partial charge in [0.25, 0.3) is 0 Å². The van der Waals surface area contributed by atoms with E-state index in [1.54, 1.807) is 45.5 Å². The number of hydrogen-bond acceptors (Lipinski definition) is 5. The molecule has 2 rings (SSSR count). The van der Waals surface area contributed by atoms with Crippen molar-refractivity contribution in [2.45, 2.75) is 6.54 Å². The summed E-state index contributed by atoms with van der Waals surface area (Å²) >= 11 is 0. The molecule has 1 heterocycles. The van der Waals surface area contributed by atoms with Gasteiger partial charge in [0.1, 0.15) is 12.3 Å². The summed E-state index contributed by atoms with van der Waals surface area (Å²) in [6, 6.07) is 6.70. The van der Waals surface area contributed by atoms with E-state index in [9.17, 15) is 9.59 Å². The average molecular weight is 318 g/mol. The molecule has 0 saturated carbocycles. The molecule has 0 unspecified atom stereocenters. The van der Waals surface area contributed by atoms with Crippen molar-refractivity contribution in [1.29, 1.82) is 0 Å². The highest BCUT2D eigenvalue weighted by molar-refractivity contribution is 5.91. The van der Waals surface area contributed by atoms with Crippen LogP contribution in [-0.4, -0.2) is 53.0 Å². The molecule has 1 aromatic heterocycles. The molecule has 2 aromatic rings. The third kappa shape index (κ3) is 4.70. The van der Waals surface area contributed by atoms with Crippen LogP contribution in [0.3, 0.4) is 0 Å². The summed E-state index contributed by atoms with van der Waals surface area (Å²) in [4.78, 5) is 24.8. The van der Waals surface area contributed by atoms with Crippen molar-refractivity contribution < 1.29 is 14.3 Å². The SMILES string of the molecule is COc1cccc(NC(=O)Cn2cc(NC(=O)N(C)C)nn2)c1. The Labute approximate surface area is 133 Å². The van der Waals surface area contributed by atoms with E-state index in [1.165, 1.54) is 15.8 Å². The number of carbonyl (C=O) groups excluding carboxylic acids is 2. The standard InChI is InChI=1S/C14H18N6O3/c1-19(2)14(22)16-12-8-20(18-17-12)9-13(21)15-10-5-4-6-11(7-10)23-3/h4-8H,9H2,1-3H3,(H,15,21)(H,16,22). The van der Waals surface area contributed by atoms with Gasteiger partial charge in [0, 0.05) is 25.8 Å². The number of rotatable bonds is 5. The summed E-state index contributed by atoms with van der Waals surface area (Å²) in [6.07, 6.45) is 1.48. The summed E-state index contributed by atoms with van der Waals surface area (Å²) in [6.45, 7) is -0.0257. The summed E-state index contributed by atoms with van der Waals surface area (Å²) in [5.41, 5.74) is 0.621. The number of amides is 3. The van der Waals surface area contributed by atoms with Crippen LogP contribution in [0.15, 0.2) is 30.5 Å². The summed E-state index contributed by atoms with van der Waals surface area (Å²) in [5, 5.41) is 12.8. The van der Waals surface area contributed by atoms with E-state index < -0.39 is 0 Å². The predicted molar refractivity (Wildman–Crippen MR) is 84.4 cm³/mol. The van der Waals surface area contributed by atoms with Crippen molar-refractivity contribution in [1.82, 2.24) is 19.9 Å². The Morgan fingerprint density at radius 1 is 1.30 bits per heavy atom. The maximum Gasteiger partial charge on any atom is 0.322 e. The summed E-state index contributed by atoms with van der Waals surface area (Å²) in [7, 11) is 4.78. The van der Waals surface area contributed by atoms with Crippen LogP contribution in [0.1, 0.15) is 0 Å². The zero-order valence-corrected chi connectivity index (χ0v) is 13.1. The predicted octanol–water partition coefficient (Wildman–Crippen LogP) is 1.02. The van der Waals surface area contributed by atoms with Crippen molar-refractivity contribution in [2.75, 3.05) is 31.8 Å². The minimum atomic E-state index is -0.321. The van der Waals surface area contributed by atoms with Gasteiger partial charge >= 0.3 is 6.03 Å². The largest absolute Gasteiger partial charge is 0.497 e. The molecule has 0 atom stereocenters. The second-order valence-corrected chi connectivity index (χ2v) is 4.91. The number of methoxy groups -OCH3 is 1. The molecular formula is C14H18N6O3. The van der Waals surface area contributed by atoms with Gasteiger partial charge < -0.3 is 15.0 Å². The molecule has 0 fully saturated rings. The van der Waals surface area contributed by atoms with Crippen LogP contribution in [0.2, 0.25) is 0 Å². The minimum Gasteiger partial charge on any atom is -0.497 e. The first-order valence-electron chi connectivity index (χ1n) is 6.80. The Balaban J connectivity index is 1.92. The topological polar surface area (TPSA) is 101 Å². The number of urea groups is 1. The van der Waals surface area contributed by atoms with Gasteiger partial charge in [-0.2, -0.15) is 0 Å². The minimum absolute atomic E-state index is 0.0257. The smallest absolute Gasteiger partial charge is 0.322 e. The normalized spacial score (nSPS) is 10.0. The Kier molecular flexibility index (Phi) is 5.13. The monoisotopic (exact) mass is 318 g/mol. The molecule has 9 nitrogen and oxygen atoms in total. The summed E-state index contributed by atoms with van der Waals surface area (Å²) < 4.78 is 6.43. The Hall–Kier alpha value is -3.10. The Morgan fingerprint density at radius 2 is 2.09 bits per heavy atom. The van der Waals surface area contributed by atoms with Gasteiger partial charge in [-0.1, -0.05) is 11.3 Å². The second-order valence-electron chi connectivity index (χ2n) is 4.91. The number of hydrogen-bond donors (Lipinski definition) is 2. The molecule has 0 radical (unpaired) electrons. The Morgan fingerprint density at radius 3 is 2.78 bits per heavy atom. The molecule has 122 valence electrons. The van der Waals surface area contributed by atoms with Crippen LogP contribution in [0.4, 0.5) is 16.3 Å².